The van der Waals surface area contributed by atoms with Crippen molar-refractivity contribution < 1.29 is 17.9 Å². The first-order valence-electron chi connectivity index (χ1n) is 8.70. The lowest BCUT2D eigenvalue weighted by Gasteiger charge is -2.24. The minimum absolute atomic E-state index is 0.00657. The second kappa shape index (κ2) is 7.18. The van der Waals surface area contributed by atoms with E-state index in [0.29, 0.717) is 25.3 Å². The van der Waals surface area contributed by atoms with Gasteiger partial charge in [-0.25, -0.2) is 13.6 Å². The van der Waals surface area contributed by atoms with Gasteiger partial charge in [0.2, 0.25) is 15.9 Å². The molecule has 2 N–H and O–H groups in total. The number of rotatable bonds is 5. The SMILES string of the molecule is NS(=O)(=O)c1ccc(CCN2C(=O)CSC2c2ccc3c(c2)CCO3)cc1. The van der Waals surface area contributed by atoms with Gasteiger partial charge in [-0.1, -0.05) is 18.2 Å². The van der Waals surface area contributed by atoms with Crippen LogP contribution in [0.25, 0.3) is 0 Å². The summed E-state index contributed by atoms with van der Waals surface area (Å²) >= 11 is 1.64. The fraction of sp³-hybridized carbons (Fsp3) is 0.316. The molecule has 2 heterocycles. The van der Waals surface area contributed by atoms with Crippen molar-refractivity contribution >= 4 is 27.7 Å². The van der Waals surface area contributed by atoms with E-state index in [9.17, 15) is 13.2 Å². The van der Waals surface area contributed by atoms with Crippen LogP contribution < -0.4 is 9.88 Å². The Hall–Kier alpha value is -2.03. The van der Waals surface area contributed by atoms with Crippen LogP contribution in [0.5, 0.6) is 5.75 Å². The number of amides is 1. The largest absolute Gasteiger partial charge is 0.493 e. The number of nitrogens with zero attached hydrogens (tertiary/aromatic N) is 1. The number of benzene rings is 2. The van der Waals surface area contributed by atoms with Crippen LogP contribution in [0.1, 0.15) is 22.1 Å². The predicted molar refractivity (Wildman–Crippen MR) is 104 cm³/mol. The Balaban J connectivity index is 1.47. The lowest BCUT2D eigenvalue weighted by atomic mass is 10.1. The number of primary sulfonamides is 1. The van der Waals surface area contributed by atoms with E-state index in [1.807, 2.05) is 17.0 Å². The van der Waals surface area contributed by atoms with Gasteiger partial charge in [0.15, 0.2) is 0 Å². The van der Waals surface area contributed by atoms with Gasteiger partial charge in [0.1, 0.15) is 11.1 Å². The number of carbonyl (C=O) groups excluding carboxylic acids is 1. The van der Waals surface area contributed by atoms with Crippen molar-refractivity contribution in [2.24, 2.45) is 5.14 Å². The summed E-state index contributed by atoms with van der Waals surface area (Å²) in [6.45, 7) is 1.30. The van der Waals surface area contributed by atoms with Crippen molar-refractivity contribution in [3.05, 3.63) is 59.2 Å². The van der Waals surface area contributed by atoms with Crippen LogP contribution in [-0.2, 0) is 27.7 Å². The predicted octanol–water partition coefficient (Wildman–Crippen LogP) is 2.09. The number of hydrogen-bond donors (Lipinski definition) is 1. The third-order valence-electron chi connectivity index (χ3n) is 4.86. The molecular formula is C19H20N2O4S2. The number of hydrogen-bond acceptors (Lipinski definition) is 5. The molecule has 8 heteroatoms. The zero-order valence-corrected chi connectivity index (χ0v) is 16.3. The summed E-state index contributed by atoms with van der Waals surface area (Å²) in [7, 11) is -3.69. The highest BCUT2D eigenvalue weighted by Gasteiger charge is 2.33. The van der Waals surface area contributed by atoms with Crippen molar-refractivity contribution in [3.8, 4) is 5.75 Å². The Labute approximate surface area is 162 Å². The summed E-state index contributed by atoms with van der Waals surface area (Å²) in [5.74, 6) is 1.54. The van der Waals surface area contributed by atoms with Gasteiger partial charge in [0.25, 0.3) is 0 Å². The average Bonchev–Trinajstić information content (AvgIpc) is 3.25. The molecule has 2 aliphatic rings. The van der Waals surface area contributed by atoms with Gasteiger partial charge in [-0.2, -0.15) is 0 Å². The third kappa shape index (κ3) is 3.83. The molecule has 2 aliphatic heterocycles. The molecule has 0 aliphatic carbocycles. The summed E-state index contributed by atoms with van der Waals surface area (Å²) in [5, 5.41) is 5.13. The van der Waals surface area contributed by atoms with E-state index < -0.39 is 10.0 Å². The molecule has 4 rings (SSSR count). The van der Waals surface area contributed by atoms with Crippen molar-refractivity contribution in [3.63, 3.8) is 0 Å². The molecule has 1 fully saturated rings. The van der Waals surface area contributed by atoms with Gasteiger partial charge in [-0.3, -0.25) is 4.79 Å². The van der Waals surface area contributed by atoms with Crippen molar-refractivity contribution in [1.82, 2.24) is 4.90 Å². The molecule has 2 aromatic carbocycles. The molecule has 1 unspecified atom stereocenters. The van der Waals surface area contributed by atoms with E-state index in [1.54, 1.807) is 23.9 Å². The third-order valence-corrected chi connectivity index (χ3v) is 7.05. The number of sulfonamides is 1. The summed E-state index contributed by atoms with van der Waals surface area (Å²) in [5.41, 5.74) is 3.29. The first-order chi connectivity index (χ1) is 12.9. The normalized spacial score (nSPS) is 19.2. The quantitative estimate of drug-likeness (QED) is 0.824. The highest BCUT2D eigenvalue weighted by molar-refractivity contribution is 8.00. The summed E-state index contributed by atoms with van der Waals surface area (Å²) in [6, 6.07) is 12.7. The molecule has 2 aromatic rings. The summed E-state index contributed by atoms with van der Waals surface area (Å²) in [6.07, 6.45) is 1.56. The van der Waals surface area contributed by atoms with Gasteiger partial charge in [-0.15, -0.1) is 11.8 Å². The Kier molecular flexibility index (Phi) is 4.88. The summed E-state index contributed by atoms with van der Waals surface area (Å²) < 4.78 is 28.3. The zero-order valence-electron chi connectivity index (χ0n) is 14.6. The molecule has 1 saturated heterocycles. The molecule has 0 bridgehead atoms. The van der Waals surface area contributed by atoms with E-state index in [0.717, 1.165) is 23.3 Å². The van der Waals surface area contributed by atoms with Gasteiger partial charge < -0.3 is 9.64 Å². The number of fused-ring (bicyclic) bond motifs is 1. The highest BCUT2D eigenvalue weighted by atomic mass is 32.2. The van der Waals surface area contributed by atoms with Crippen molar-refractivity contribution in [1.29, 1.82) is 0 Å². The molecular weight excluding hydrogens is 384 g/mol. The molecule has 0 radical (unpaired) electrons. The highest BCUT2D eigenvalue weighted by Crippen LogP contribution is 2.40. The van der Waals surface area contributed by atoms with Crippen LogP contribution >= 0.6 is 11.8 Å². The van der Waals surface area contributed by atoms with Crippen LogP contribution in [0.4, 0.5) is 0 Å². The molecule has 0 saturated carbocycles. The average molecular weight is 405 g/mol. The van der Waals surface area contributed by atoms with Crippen LogP contribution in [0.3, 0.4) is 0 Å². The van der Waals surface area contributed by atoms with Crippen molar-refractivity contribution in [2.45, 2.75) is 23.1 Å². The Morgan fingerprint density at radius 2 is 1.96 bits per heavy atom. The van der Waals surface area contributed by atoms with Crippen LogP contribution in [0.2, 0.25) is 0 Å². The minimum atomic E-state index is -3.69. The molecule has 1 atom stereocenters. The standard InChI is InChI=1S/C19H20N2O4S2/c20-27(23,24)16-4-1-13(2-5-16)7-9-21-18(22)12-26-19(21)15-3-6-17-14(11-15)8-10-25-17/h1-6,11,19H,7-10,12H2,(H2,20,23,24). The molecule has 0 aromatic heterocycles. The van der Waals surface area contributed by atoms with Gasteiger partial charge >= 0.3 is 0 Å². The molecule has 1 amide bonds. The molecule has 142 valence electrons. The number of nitrogens with two attached hydrogens (primary N) is 1. The molecule has 27 heavy (non-hydrogen) atoms. The van der Waals surface area contributed by atoms with Crippen molar-refractivity contribution in [2.75, 3.05) is 18.9 Å². The van der Waals surface area contributed by atoms with Gasteiger partial charge in [0.05, 0.1) is 17.3 Å². The maximum atomic E-state index is 12.4. The monoisotopic (exact) mass is 404 g/mol. The van der Waals surface area contributed by atoms with Crippen LogP contribution in [-0.4, -0.2) is 38.1 Å². The second-order valence-electron chi connectivity index (χ2n) is 6.66. The van der Waals surface area contributed by atoms with Crippen LogP contribution in [0.15, 0.2) is 47.4 Å². The maximum Gasteiger partial charge on any atom is 0.238 e. The summed E-state index contributed by atoms with van der Waals surface area (Å²) in [4.78, 5) is 14.4. The lowest BCUT2D eigenvalue weighted by Crippen LogP contribution is -2.30. The Bertz CT molecular complexity index is 974. The van der Waals surface area contributed by atoms with Gasteiger partial charge in [-0.05, 0) is 47.4 Å². The Morgan fingerprint density at radius 3 is 2.70 bits per heavy atom. The number of ether oxygens (including phenoxy) is 1. The first-order valence-corrected chi connectivity index (χ1v) is 11.3. The second-order valence-corrected chi connectivity index (χ2v) is 9.29. The van der Waals surface area contributed by atoms with E-state index in [-0.39, 0.29) is 16.2 Å². The zero-order chi connectivity index (χ0) is 19.0. The fourth-order valence-corrected chi connectivity index (χ4v) is 5.15. The lowest BCUT2D eigenvalue weighted by molar-refractivity contribution is -0.128. The maximum absolute atomic E-state index is 12.4. The molecule has 6 nitrogen and oxygen atoms in total. The van der Waals surface area contributed by atoms with E-state index in [2.05, 4.69) is 6.07 Å². The molecule has 0 spiro atoms. The van der Waals surface area contributed by atoms with E-state index in [4.69, 9.17) is 9.88 Å². The van der Waals surface area contributed by atoms with Gasteiger partial charge in [0, 0.05) is 13.0 Å². The Morgan fingerprint density at radius 1 is 1.19 bits per heavy atom. The number of carbonyl (C=O) groups is 1. The van der Waals surface area contributed by atoms with Crippen LogP contribution in [0, 0.1) is 0 Å². The first kappa shape index (κ1) is 18.3. The fourth-order valence-electron chi connectivity index (χ4n) is 3.43. The smallest absolute Gasteiger partial charge is 0.238 e. The minimum Gasteiger partial charge on any atom is -0.493 e. The number of thioether (sulfide) groups is 1. The van der Waals surface area contributed by atoms with E-state index in [1.165, 1.54) is 17.7 Å². The topological polar surface area (TPSA) is 89.7 Å². The van der Waals surface area contributed by atoms with E-state index >= 15 is 0 Å².